The van der Waals surface area contributed by atoms with E-state index in [0.717, 1.165) is 11.1 Å². The Morgan fingerprint density at radius 1 is 1.50 bits per heavy atom. The summed E-state index contributed by atoms with van der Waals surface area (Å²) in [7, 11) is 2.97. The van der Waals surface area contributed by atoms with Crippen molar-refractivity contribution in [1.29, 1.82) is 0 Å². The Hall–Kier alpha value is -0.780. The van der Waals surface area contributed by atoms with Crippen LogP contribution in [-0.4, -0.2) is 35.9 Å². The highest BCUT2D eigenvalue weighted by Crippen LogP contribution is 2.59. The van der Waals surface area contributed by atoms with Gasteiger partial charge in [0.1, 0.15) is 6.42 Å². The minimum Gasteiger partial charge on any atom is -0.434 e. The molecule has 8 heteroatoms. The molecule has 1 N–H and O–H groups in total. The van der Waals surface area contributed by atoms with Gasteiger partial charge in [-0.2, -0.15) is 0 Å². The molecule has 0 saturated carbocycles. The molecule has 20 heavy (non-hydrogen) atoms. The Kier molecular flexibility index (Phi) is 8.85. The molecular weight excluding hydrogens is 299 g/mol. The Bertz CT molecular complexity index is 414. The molecule has 0 spiro atoms. The van der Waals surface area contributed by atoms with Gasteiger partial charge in [-0.1, -0.05) is 31.3 Å². The maximum absolute atomic E-state index is 12.7. The lowest BCUT2D eigenvalue weighted by Gasteiger charge is -2.28. The second kappa shape index (κ2) is 9.21. The fraction of sp³-hybridized carbons (Fsp3) is 0.667. The first-order chi connectivity index (χ1) is 9.30. The van der Waals surface area contributed by atoms with Gasteiger partial charge in [-0.3, -0.25) is 18.8 Å². The molecule has 0 aromatic heterocycles. The van der Waals surface area contributed by atoms with Crippen molar-refractivity contribution in [2.24, 2.45) is 0 Å². The number of ether oxygens (including phenoxy) is 1. The van der Waals surface area contributed by atoms with E-state index in [1.165, 1.54) is 31.7 Å². The lowest BCUT2D eigenvalue weighted by molar-refractivity contribution is -0.142. The second-order valence-corrected chi connectivity index (χ2v) is 9.34. The number of esters is 1. The van der Waals surface area contributed by atoms with Crippen molar-refractivity contribution in [2.45, 2.75) is 38.9 Å². The minimum absolute atomic E-state index is 0.138. The van der Waals surface area contributed by atoms with Crippen molar-refractivity contribution in [3.05, 3.63) is 12.3 Å². The normalized spacial score (nSPS) is 15.7. The maximum atomic E-state index is 12.7. The highest BCUT2D eigenvalue weighted by molar-refractivity contribution is 8.57. The van der Waals surface area contributed by atoms with E-state index in [1.54, 1.807) is 13.0 Å². The number of carbonyl (C=O) groups excluding carboxylic acids is 2. The van der Waals surface area contributed by atoms with Crippen molar-refractivity contribution in [2.75, 3.05) is 14.1 Å². The van der Waals surface area contributed by atoms with Gasteiger partial charge in [0.25, 0.3) is 6.65 Å². The predicted molar refractivity (Wildman–Crippen MR) is 82.3 cm³/mol. The minimum atomic E-state index is -3.08. The van der Waals surface area contributed by atoms with Crippen LogP contribution < -0.4 is 5.09 Å². The van der Waals surface area contributed by atoms with Crippen LogP contribution in [0.25, 0.3) is 0 Å². The number of nitrogens with one attached hydrogen (secondary N) is 1. The van der Waals surface area contributed by atoms with Gasteiger partial charge in [0, 0.05) is 12.3 Å². The van der Waals surface area contributed by atoms with E-state index in [1.807, 2.05) is 13.8 Å². The Morgan fingerprint density at radius 3 is 2.55 bits per heavy atom. The molecule has 0 saturated heterocycles. The topological polar surface area (TPSA) is 75.7 Å². The summed E-state index contributed by atoms with van der Waals surface area (Å²) in [5.74, 6) is -1.20. The van der Waals surface area contributed by atoms with Crippen molar-refractivity contribution in [3.8, 4) is 0 Å². The molecule has 0 rings (SSSR count). The second-order valence-electron chi connectivity index (χ2n) is 4.12. The van der Waals surface area contributed by atoms with Crippen LogP contribution in [0.2, 0.25) is 0 Å². The molecule has 0 aliphatic rings. The molecule has 0 aromatic carbocycles. The molecule has 0 heterocycles. The van der Waals surface area contributed by atoms with E-state index in [0.29, 0.717) is 0 Å². The zero-order valence-corrected chi connectivity index (χ0v) is 14.3. The summed E-state index contributed by atoms with van der Waals surface area (Å²) >= 11 is 1.21. The van der Waals surface area contributed by atoms with Gasteiger partial charge in [0.2, 0.25) is 5.91 Å². The third-order valence-corrected chi connectivity index (χ3v) is 8.34. The van der Waals surface area contributed by atoms with Crippen molar-refractivity contribution in [3.63, 3.8) is 0 Å². The molecule has 0 aromatic rings. The molecular formula is C12H23N2O4PS. The van der Waals surface area contributed by atoms with Crippen LogP contribution in [0.1, 0.15) is 33.6 Å². The monoisotopic (exact) mass is 322 g/mol. The number of rotatable bonds is 8. The summed E-state index contributed by atoms with van der Waals surface area (Å²) in [4.78, 5) is 23.3. The SMILES string of the molecule is CC=COC(=O)CC(=O)N(C)P(=O)(NC)SC(C)CC. The van der Waals surface area contributed by atoms with E-state index in [-0.39, 0.29) is 5.25 Å². The molecule has 6 nitrogen and oxygen atoms in total. The highest BCUT2D eigenvalue weighted by Gasteiger charge is 2.33. The summed E-state index contributed by atoms with van der Waals surface area (Å²) in [5, 5.41) is 2.84. The average molecular weight is 322 g/mol. The van der Waals surface area contributed by atoms with Crippen LogP contribution in [-0.2, 0) is 18.9 Å². The van der Waals surface area contributed by atoms with Crippen LogP contribution in [0.15, 0.2) is 12.3 Å². The van der Waals surface area contributed by atoms with Crippen LogP contribution >= 0.6 is 18.0 Å². The quantitative estimate of drug-likeness (QED) is 0.320. The number of carbonyl (C=O) groups is 2. The molecule has 1 amide bonds. The number of nitrogens with zero attached hydrogens (tertiary/aromatic N) is 1. The Balaban J connectivity index is 4.74. The van der Waals surface area contributed by atoms with Crippen molar-refractivity contribution in [1.82, 2.24) is 9.76 Å². The van der Waals surface area contributed by atoms with E-state index in [9.17, 15) is 14.2 Å². The molecule has 0 bridgehead atoms. The first-order valence-corrected chi connectivity index (χ1v) is 9.50. The third kappa shape index (κ3) is 6.11. The lowest BCUT2D eigenvalue weighted by Crippen LogP contribution is -2.30. The largest absolute Gasteiger partial charge is 0.434 e. The van der Waals surface area contributed by atoms with Crippen LogP contribution in [0.5, 0.6) is 0 Å². The van der Waals surface area contributed by atoms with Gasteiger partial charge >= 0.3 is 5.97 Å². The Labute approximate surface area is 124 Å². The fourth-order valence-electron chi connectivity index (χ4n) is 1.16. The molecule has 116 valence electrons. The number of hydrogen-bond acceptors (Lipinski definition) is 5. The van der Waals surface area contributed by atoms with Gasteiger partial charge in [-0.25, -0.2) is 5.09 Å². The van der Waals surface area contributed by atoms with Crippen LogP contribution in [0.4, 0.5) is 0 Å². The van der Waals surface area contributed by atoms with Gasteiger partial charge < -0.3 is 4.74 Å². The summed E-state index contributed by atoms with van der Waals surface area (Å²) in [5.41, 5.74) is 0. The van der Waals surface area contributed by atoms with Gasteiger partial charge in [-0.15, -0.1) is 0 Å². The smallest absolute Gasteiger partial charge is 0.320 e. The van der Waals surface area contributed by atoms with Gasteiger partial charge in [-0.05, 0) is 20.4 Å². The van der Waals surface area contributed by atoms with Gasteiger partial charge in [0.05, 0.1) is 6.26 Å². The van der Waals surface area contributed by atoms with Crippen molar-refractivity contribution >= 4 is 29.9 Å². The third-order valence-electron chi connectivity index (χ3n) is 2.57. The summed E-state index contributed by atoms with van der Waals surface area (Å²) in [6.45, 7) is 2.53. The summed E-state index contributed by atoms with van der Waals surface area (Å²) < 4.78 is 18.5. The van der Waals surface area contributed by atoms with Crippen LogP contribution in [0.3, 0.4) is 0 Å². The van der Waals surface area contributed by atoms with E-state index < -0.39 is 24.9 Å². The maximum Gasteiger partial charge on any atom is 0.320 e. The molecule has 0 aliphatic carbocycles. The molecule has 0 aliphatic heterocycles. The molecule has 0 radical (unpaired) electrons. The van der Waals surface area contributed by atoms with E-state index in [2.05, 4.69) is 9.82 Å². The van der Waals surface area contributed by atoms with Crippen molar-refractivity contribution < 1.29 is 18.9 Å². The number of amides is 1. The summed E-state index contributed by atoms with van der Waals surface area (Å²) in [6, 6.07) is 0. The lowest BCUT2D eigenvalue weighted by atomic mass is 10.4. The zero-order chi connectivity index (χ0) is 15.8. The van der Waals surface area contributed by atoms with Crippen LogP contribution in [0, 0.1) is 0 Å². The van der Waals surface area contributed by atoms with Gasteiger partial charge in [0.15, 0.2) is 0 Å². The highest BCUT2D eigenvalue weighted by atomic mass is 32.7. The first-order valence-electron chi connectivity index (χ1n) is 6.35. The first kappa shape index (κ1) is 19.2. The molecule has 2 unspecified atom stereocenters. The average Bonchev–Trinajstić information content (AvgIpc) is 2.43. The van der Waals surface area contributed by atoms with E-state index in [4.69, 9.17) is 0 Å². The number of allylic oxidation sites excluding steroid dienone is 1. The predicted octanol–water partition coefficient (Wildman–Crippen LogP) is 2.77. The molecule has 0 fully saturated rings. The standard InChI is InChI=1S/C12H23N2O4PS/c1-6-8-18-12(16)9-11(15)14(5)19(17,13-4)20-10(3)7-2/h6,8,10H,7,9H2,1-5H3,(H,13,17). The molecule has 2 atom stereocenters. The fourth-order valence-corrected chi connectivity index (χ4v) is 5.63. The van der Waals surface area contributed by atoms with E-state index >= 15 is 0 Å². The summed E-state index contributed by atoms with van der Waals surface area (Å²) in [6.07, 6.45) is 3.15. The number of hydrogen-bond donors (Lipinski definition) is 1. The Morgan fingerprint density at radius 2 is 2.10 bits per heavy atom. The zero-order valence-electron chi connectivity index (χ0n) is 12.6.